The van der Waals surface area contributed by atoms with Crippen LogP contribution in [0.15, 0.2) is 18.3 Å². The van der Waals surface area contributed by atoms with E-state index in [2.05, 4.69) is 4.98 Å². The lowest BCUT2D eigenvalue weighted by Gasteiger charge is -2.04. The van der Waals surface area contributed by atoms with Crippen molar-refractivity contribution in [3.63, 3.8) is 0 Å². The minimum Gasteiger partial charge on any atom is -0.477 e. The summed E-state index contributed by atoms with van der Waals surface area (Å²) >= 11 is 0. The number of hydrogen-bond donors (Lipinski definition) is 2. The Morgan fingerprint density at radius 3 is 2.75 bits per heavy atom. The van der Waals surface area contributed by atoms with Gasteiger partial charge in [0.2, 0.25) is 0 Å². The Labute approximate surface area is 89.1 Å². The van der Waals surface area contributed by atoms with Gasteiger partial charge < -0.3 is 10.4 Å². The van der Waals surface area contributed by atoms with Crippen LogP contribution in [0.5, 0.6) is 0 Å². The molecule has 7 heteroatoms. The largest absolute Gasteiger partial charge is 0.477 e. The fraction of sp³-hybridized carbons (Fsp3) is 0.222. The van der Waals surface area contributed by atoms with Crippen LogP contribution in [0.4, 0.5) is 8.78 Å². The van der Waals surface area contributed by atoms with Crippen molar-refractivity contribution in [3.8, 4) is 0 Å². The molecule has 0 bridgehead atoms. The summed E-state index contributed by atoms with van der Waals surface area (Å²) in [7, 11) is 0. The van der Waals surface area contributed by atoms with Crippen LogP contribution in [0.2, 0.25) is 0 Å². The van der Waals surface area contributed by atoms with Gasteiger partial charge in [-0.3, -0.25) is 4.79 Å². The van der Waals surface area contributed by atoms with Crippen LogP contribution < -0.4 is 5.32 Å². The van der Waals surface area contributed by atoms with Crippen LogP contribution in [0.1, 0.15) is 20.8 Å². The maximum atomic E-state index is 11.8. The van der Waals surface area contributed by atoms with Gasteiger partial charge >= 0.3 is 5.97 Å². The fourth-order valence-corrected chi connectivity index (χ4v) is 0.961. The second-order valence-electron chi connectivity index (χ2n) is 2.84. The highest BCUT2D eigenvalue weighted by atomic mass is 19.3. The summed E-state index contributed by atoms with van der Waals surface area (Å²) in [5.41, 5.74) is -0.335. The molecule has 0 saturated carbocycles. The van der Waals surface area contributed by atoms with E-state index in [4.69, 9.17) is 5.11 Å². The summed E-state index contributed by atoms with van der Waals surface area (Å²) < 4.78 is 23.6. The monoisotopic (exact) mass is 230 g/mol. The first kappa shape index (κ1) is 12.0. The van der Waals surface area contributed by atoms with Gasteiger partial charge in [0.15, 0.2) is 0 Å². The molecule has 1 amide bonds. The molecular formula is C9H8F2N2O3. The van der Waals surface area contributed by atoms with Crippen LogP contribution in [0.3, 0.4) is 0 Å². The predicted molar refractivity (Wildman–Crippen MR) is 49.5 cm³/mol. The number of carboxylic acid groups (broad SMARTS) is 1. The first-order chi connectivity index (χ1) is 7.50. The van der Waals surface area contributed by atoms with E-state index in [0.717, 1.165) is 12.3 Å². The number of aromatic nitrogens is 1. The number of carbonyl (C=O) groups excluding carboxylic acids is 1. The first-order valence-electron chi connectivity index (χ1n) is 4.26. The summed E-state index contributed by atoms with van der Waals surface area (Å²) in [6, 6.07) is 2.26. The molecule has 1 heterocycles. The van der Waals surface area contributed by atoms with Gasteiger partial charge in [-0.1, -0.05) is 0 Å². The van der Waals surface area contributed by atoms with E-state index in [1.54, 1.807) is 0 Å². The van der Waals surface area contributed by atoms with Gasteiger partial charge in [-0.15, -0.1) is 0 Å². The molecule has 1 rings (SSSR count). The van der Waals surface area contributed by atoms with E-state index in [9.17, 15) is 18.4 Å². The Morgan fingerprint density at radius 1 is 1.50 bits per heavy atom. The molecule has 0 unspecified atom stereocenters. The molecule has 1 aromatic rings. The predicted octanol–water partition coefficient (Wildman–Crippen LogP) is 0.775. The average Bonchev–Trinajstić information content (AvgIpc) is 2.26. The third kappa shape index (κ3) is 3.26. The molecule has 0 aromatic carbocycles. The molecule has 0 aliphatic heterocycles. The topological polar surface area (TPSA) is 79.3 Å². The number of aromatic carboxylic acids is 1. The van der Waals surface area contributed by atoms with E-state index >= 15 is 0 Å². The summed E-state index contributed by atoms with van der Waals surface area (Å²) in [6.07, 6.45) is -1.52. The summed E-state index contributed by atoms with van der Waals surface area (Å²) in [5, 5.41) is 10.5. The maximum Gasteiger partial charge on any atom is 0.354 e. The molecule has 86 valence electrons. The number of carbonyl (C=O) groups is 2. The Morgan fingerprint density at radius 2 is 2.19 bits per heavy atom. The molecule has 0 saturated heterocycles. The van der Waals surface area contributed by atoms with E-state index in [0.29, 0.717) is 0 Å². The molecule has 0 radical (unpaired) electrons. The number of nitrogens with zero attached hydrogens (tertiary/aromatic N) is 1. The molecule has 1 aromatic heterocycles. The van der Waals surface area contributed by atoms with Crippen molar-refractivity contribution in [1.82, 2.24) is 10.3 Å². The Hall–Kier alpha value is -2.05. The van der Waals surface area contributed by atoms with Crippen LogP contribution >= 0.6 is 0 Å². The lowest BCUT2D eigenvalue weighted by Crippen LogP contribution is -2.28. The third-order valence-corrected chi connectivity index (χ3v) is 1.66. The standard InChI is InChI=1S/C9H8F2N2O3/c10-7(11)4-13-8(14)5-1-2-12-6(3-5)9(15)16/h1-3,7H,4H2,(H,13,14)(H,15,16). The number of rotatable bonds is 4. The Bertz CT molecular complexity index is 409. The minimum absolute atomic E-state index is 0.0203. The maximum absolute atomic E-state index is 11.8. The van der Waals surface area contributed by atoms with Gasteiger partial charge in [-0.05, 0) is 12.1 Å². The van der Waals surface area contributed by atoms with Gasteiger partial charge in [-0.25, -0.2) is 18.6 Å². The number of halogens is 2. The SMILES string of the molecule is O=C(NCC(F)F)c1ccnc(C(=O)O)c1. The van der Waals surface area contributed by atoms with Crippen molar-refractivity contribution in [2.45, 2.75) is 6.43 Å². The Kier molecular flexibility index (Phi) is 3.87. The second-order valence-corrected chi connectivity index (χ2v) is 2.84. The highest BCUT2D eigenvalue weighted by Gasteiger charge is 2.11. The lowest BCUT2D eigenvalue weighted by atomic mass is 10.2. The van der Waals surface area contributed by atoms with Gasteiger partial charge in [0.1, 0.15) is 5.69 Å². The zero-order chi connectivity index (χ0) is 12.1. The van der Waals surface area contributed by atoms with Crippen LogP contribution in [-0.4, -0.2) is 34.9 Å². The fourth-order valence-electron chi connectivity index (χ4n) is 0.961. The van der Waals surface area contributed by atoms with Gasteiger partial charge in [0.05, 0.1) is 6.54 Å². The number of amides is 1. The highest BCUT2D eigenvalue weighted by Crippen LogP contribution is 2.02. The van der Waals surface area contributed by atoms with Crippen molar-refractivity contribution in [1.29, 1.82) is 0 Å². The summed E-state index contributed by atoms with van der Waals surface area (Å²) in [4.78, 5) is 25.3. The molecule has 5 nitrogen and oxygen atoms in total. The summed E-state index contributed by atoms with van der Waals surface area (Å²) in [6.45, 7) is -0.774. The average molecular weight is 230 g/mol. The number of nitrogens with one attached hydrogen (secondary N) is 1. The zero-order valence-electron chi connectivity index (χ0n) is 7.98. The summed E-state index contributed by atoms with van der Waals surface area (Å²) in [5.74, 6) is -2.05. The van der Waals surface area contributed by atoms with E-state index in [1.165, 1.54) is 6.07 Å². The number of pyridine rings is 1. The number of alkyl halides is 2. The van der Waals surface area contributed by atoms with Crippen molar-refractivity contribution < 1.29 is 23.5 Å². The second kappa shape index (κ2) is 5.15. The zero-order valence-corrected chi connectivity index (χ0v) is 7.98. The third-order valence-electron chi connectivity index (χ3n) is 1.66. The van der Waals surface area contributed by atoms with Crippen molar-refractivity contribution >= 4 is 11.9 Å². The van der Waals surface area contributed by atoms with E-state index in [1.807, 2.05) is 5.32 Å². The lowest BCUT2D eigenvalue weighted by molar-refractivity contribution is 0.0690. The van der Waals surface area contributed by atoms with Crippen LogP contribution in [-0.2, 0) is 0 Å². The molecule has 0 atom stereocenters. The van der Waals surface area contributed by atoms with Crippen molar-refractivity contribution in [2.75, 3.05) is 6.54 Å². The van der Waals surface area contributed by atoms with Gasteiger partial charge in [0.25, 0.3) is 12.3 Å². The molecule has 0 aliphatic carbocycles. The van der Waals surface area contributed by atoms with Gasteiger partial charge in [-0.2, -0.15) is 0 Å². The molecule has 0 spiro atoms. The van der Waals surface area contributed by atoms with Crippen LogP contribution in [0, 0.1) is 0 Å². The quantitative estimate of drug-likeness (QED) is 0.800. The molecule has 2 N–H and O–H groups in total. The van der Waals surface area contributed by atoms with Crippen LogP contribution in [0.25, 0.3) is 0 Å². The first-order valence-corrected chi connectivity index (χ1v) is 4.26. The molecule has 16 heavy (non-hydrogen) atoms. The number of hydrogen-bond acceptors (Lipinski definition) is 3. The molecule has 0 aliphatic rings. The molecule has 0 fully saturated rings. The minimum atomic E-state index is -2.65. The van der Waals surface area contributed by atoms with Gasteiger partial charge in [0, 0.05) is 11.8 Å². The smallest absolute Gasteiger partial charge is 0.354 e. The van der Waals surface area contributed by atoms with E-state index < -0.39 is 24.8 Å². The number of carboxylic acids is 1. The van der Waals surface area contributed by atoms with E-state index in [-0.39, 0.29) is 11.3 Å². The molecular weight excluding hydrogens is 222 g/mol. The highest BCUT2D eigenvalue weighted by molar-refractivity contribution is 5.96. The Balaban J connectivity index is 2.76. The van der Waals surface area contributed by atoms with Crippen molar-refractivity contribution in [2.24, 2.45) is 0 Å². The normalized spacial score (nSPS) is 10.2. The van der Waals surface area contributed by atoms with Crippen molar-refractivity contribution in [3.05, 3.63) is 29.6 Å².